The second-order valence-electron chi connectivity index (χ2n) is 5.13. The smallest absolute Gasteiger partial charge is 0.0991 e. The number of nitriles is 1. The maximum absolute atomic E-state index is 8.91. The van der Waals surface area contributed by atoms with E-state index in [4.69, 9.17) is 5.26 Å². The van der Waals surface area contributed by atoms with Gasteiger partial charge in [0.2, 0.25) is 0 Å². The van der Waals surface area contributed by atoms with Crippen molar-refractivity contribution in [2.24, 2.45) is 0 Å². The summed E-state index contributed by atoms with van der Waals surface area (Å²) in [5.74, 6) is 0. The molecule has 0 aromatic heterocycles. The first kappa shape index (κ1) is 13.2. The highest BCUT2D eigenvalue weighted by Gasteiger charge is 2.02. The number of benzene rings is 3. The molecule has 0 atom stereocenters. The summed E-state index contributed by atoms with van der Waals surface area (Å²) in [4.78, 5) is 0. The Balaban J connectivity index is 1.86. The summed E-state index contributed by atoms with van der Waals surface area (Å²) < 4.78 is 0. The van der Waals surface area contributed by atoms with Gasteiger partial charge in [0, 0.05) is 17.6 Å². The van der Waals surface area contributed by atoms with Crippen molar-refractivity contribution in [2.75, 3.05) is 5.32 Å². The number of fused-ring (bicyclic) bond motifs is 1. The van der Waals surface area contributed by atoms with Crippen molar-refractivity contribution in [3.8, 4) is 6.07 Å². The van der Waals surface area contributed by atoms with Crippen LogP contribution < -0.4 is 5.32 Å². The summed E-state index contributed by atoms with van der Waals surface area (Å²) in [6.07, 6.45) is 0. The lowest BCUT2D eigenvalue weighted by Gasteiger charge is -2.11. The van der Waals surface area contributed by atoms with Gasteiger partial charge in [0.15, 0.2) is 0 Å². The van der Waals surface area contributed by atoms with Gasteiger partial charge < -0.3 is 5.32 Å². The van der Waals surface area contributed by atoms with Crippen LogP contribution in [0.25, 0.3) is 10.8 Å². The molecular formula is C19H16N2. The Bertz CT molecular complexity index is 823. The second-order valence-corrected chi connectivity index (χ2v) is 5.13. The predicted octanol–water partition coefficient (Wildman–Crippen LogP) is 4.63. The van der Waals surface area contributed by atoms with E-state index < -0.39 is 0 Å². The van der Waals surface area contributed by atoms with Crippen molar-refractivity contribution in [3.63, 3.8) is 0 Å². The van der Waals surface area contributed by atoms with Crippen LogP contribution in [0.4, 0.5) is 5.69 Å². The van der Waals surface area contributed by atoms with Gasteiger partial charge in [-0.2, -0.15) is 5.26 Å². The Hall–Kier alpha value is -2.79. The van der Waals surface area contributed by atoms with Crippen LogP contribution in [0.15, 0.2) is 60.7 Å². The normalized spacial score (nSPS) is 10.3. The van der Waals surface area contributed by atoms with Crippen molar-refractivity contribution in [1.29, 1.82) is 5.26 Å². The van der Waals surface area contributed by atoms with E-state index in [-0.39, 0.29) is 0 Å². The number of rotatable bonds is 3. The highest BCUT2D eigenvalue weighted by molar-refractivity contribution is 5.93. The lowest BCUT2D eigenvalue weighted by Crippen LogP contribution is -2.02. The Kier molecular flexibility index (Phi) is 3.57. The second kappa shape index (κ2) is 5.68. The summed E-state index contributed by atoms with van der Waals surface area (Å²) in [6, 6.07) is 22.6. The van der Waals surface area contributed by atoms with Crippen LogP contribution in [0, 0.1) is 18.3 Å². The molecule has 2 heteroatoms. The van der Waals surface area contributed by atoms with Crippen molar-refractivity contribution in [3.05, 3.63) is 77.4 Å². The fraction of sp³-hybridized carbons (Fsp3) is 0.105. The van der Waals surface area contributed by atoms with Crippen LogP contribution in [-0.2, 0) is 6.54 Å². The molecule has 0 radical (unpaired) electrons. The van der Waals surface area contributed by atoms with Crippen LogP contribution in [0.2, 0.25) is 0 Å². The number of hydrogen-bond donors (Lipinski definition) is 1. The first-order chi connectivity index (χ1) is 10.3. The summed E-state index contributed by atoms with van der Waals surface area (Å²) in [5.41, 5.74) is 4.20. The van der Waals surface area contributed by atoms with E-state index in [1.54, 1.807) is 0 Å². The molecule has 3 aromatic carbocycles. The third-order valence-electron chi connectivity index (χ3n) is 3.73. The molecule has 0 unspecified atom stereocenters. The Morgan fingerprint density at radius 2 is 1.81 bits per heavy atom. The highest BCUT2D eigenvalue weighted by Crippen LogP contribution is 2.24. The van der Waals surface area contributed by atoms with Gasteiger partial charge in [-0.1, -0.05) is 42.5 Å². The summed E-state index contributed by atoms with van der Waals surface area (Å²) in [6.45, 7) is 2.80. The van der Waals surface area contributed by atoms with Crippen molar-refractivity contribution in [1.82, 2.24) is 0 Å². The maximum Gasteiger partial charge on any atom is 0.0991 e. The topological polar surface area (TPSA) is 35.8 Å². The fourth-order valence-electron chi connectivity index (χ4n) is 2.53. The molecule has 0 aliphatic heterocycles. The number of aryl methyl sites for hydroxylation is 1. The minimum Gasteiger partial charge on any atom is -0.380 e. The van der Waals surface area contributed by atoms with Gasteiger partial charge in [-0.3, -0.25) is 0 Å². The number of anilines is 1. The molecule has 3 rings (SSSR count). The van der Waals surface area contributed by atoms with E-state index >= 15 is 0 Å². The van der Waals surface area contributed by atoms with Crippen molar-refractivity contribution in [2.45, 2.75) is 13.5 Å². The third kappa shape index (κ3) is 2.73. The molecule has 1 N–H and O–H groups in total. The van der Waals surface area contributed by atoms with Gasteiger partial charge in [-0.15, -0.1) is 0 Å². The van der Waals surface area contributed by atoms with E-state index in [1.165, 1.54) is 16.3 Å². The highest BCUT2D eigenvalue weighted by atomic mass is 14.9. The molecule has 0 heterocycles. The minimum atomic E-state index is 0.710. The van der Waals surface area contributed by atoms with Crippen LogP contribution in [-0.4, -0.2) is 0 Å². The van der Waals surface area contributed by atoms with E-state index in [1.807, 2.05) is 25.1 Å². The molecule has 0 aliphatic rings. The first-order valence-electron chi connectivity index (χ1n) is 6.99. The predicted molar refractivity (Wildman–Crippen MR) is 87.2 cm³/mol. The molecule has 0 aliphatic carbocycles. The Morgan fingerprint density at radius 3 is 2.62 bits per heavy atom. The molecule has 21 heavy (non-hydrogen) atoms. The first-order valence-corrected chi connectivity index (χ1v) is 6.99. The fourth-order valence-corrected chi connectivity index (χ4v) is 2.53. The molecule has 3 aromatic rings. The van der Waals surface area contributed by atoms with Crippen LogP contribution in [0.3, 0.4) is 0 Å². The number of nitrogens with zero attached hydrogens (tertiary/aromatic N) is 1. The molecule has 0 amide bonds. The SMILES string of the molecule is Cc1cc(C#N)ccc1CNc1cccc2ccccc12. The van der Waals surface area contributed by atoms with E-state index in [2.05, 4.69) is 53.9 Å². The standard InChI is InChI=1S/C19H16N2/c1-14-11-15(12-20)9-10-17(14)13-21-19-8-4-6-16-5-2-3-7-18(16)19/h2-11,21H,13H2,1H3. The Labute approximate surface area is 124 Å². The van der Waals surface area contributed by atoms with Gasteiger partial charge in [-0.05, 0) is 41.6 Å². The average molecular weight is 272 g/mol. The van der Waals surface area contributed by atoms with E-state index in [0.29, 0.717) is 5.56 Å². The zero-order chi connectivity index (χ0) is 14.7. The number of hydrogen-bond acceptors (Lipinski definition) is 2. The van der Waals surface area contributed by atoms with Gasteiger partial charge in [0.25, 0.3) is 0 Å². The molecule has 0 spiro atoms. The van der Waals surface area contributed by atoms with Crippen LogP contribution in [0.1, 0.15) is 16.7 Å². The molecule has 0 saturated heterocycles. The molecular weight excluding hydrogens is 256 g/mol. The molecule has 2 nitrogen and oxygen atoms in total. The van der Waals surface area contributed by atoms with Crippen LogP contribution in [0.5, 0.6) is 0 Å². The largest absolute Gasteiger partial charge is 0.380 e. The van der Waals surface area contributed by atoms with Crippen molar-refractivity contribution >= 4 is 16.5 Å². The maximum atomic E-state index is 8.91. The lowest BCUT2D eigenvalue weighted by molar-refractivity contribution is 1.12. The van der Waals surface area contributed by atoms with E-state index in [0.717, 1.165) is 17.8 Å². The number of nitrogens with one attached hydrogen (secondary N) is 1. The summed E-state index contributed by atoms with van der Waals surface area (Å²) >= 11 is 0. The van der Waals surface area contributed by atoms with Crippen LogP contribution >= 0.6 is 0 Å². The lowest BCUT2D eigenvalue weighted by atomic mass is 10.0. The molecule has 0 fully saturated rings. The monoisotopic (exact) mass is 272 g/mol. The minimum absolute atomic E-state index is 0.710. The molecule has 0 bridgehead atoms. The summed E-state index contributed by atoms with van der Waals surface area (Å²) in [5, 5.41) is 14.9. The van der Waals surface area contributed by atoms with Crippen molar-refractivity contribution < 1.29 is 0 Å². The summed E-state index contributed by atoms with van der Waals surface area (Å²) in [7, 11) is 0. The molecule has 0 saturated carbocycles. The van der Waals surface area contributed by atoms with Gasteiger partial charge in [-0.25, -0.2) is 0 Å². The zero-order valence-electron chi connectivity index (χ0n) is 11.9. The van der Waals surface area contributed by atoms with Gasteiger partial charge >= 0.3 is 0 Å². The van der Waals surface area contributed by atoms with Gasteiger partial charge in [0.1, 0.15) is 0 Å². The third-order valence-corrected chi connectivity index (χ3v) is 3.73. The van der Waals surface area contributed by atoms with Gasteiger partial charge in [0.05, 0.1) is 11.6 Å². The quantitative estimate of drug-likeness (QED) is 0.754. The van der Waals surface area contributed by atoms with E-state index in [9.17, 15) is 0 Å². The average Bonchev–Trinajstić information content (AvgIpc) is 2.53. The Morgan fingerprint density at radius 1 is 1.00 bits per heavy atom. The zero-order valence-corrected chi connectivity index (χ0v) is 11.9. The molecule has 102 valence electrons.